The van der Waals surface area contributed by atoms with Crippen LogP contribution in [0.1, 0.15) is 34.1 Å². The van der Waals surface area contributed by atoms with Crippen LogP contribution in [0.5, 0.6) is 5.75 Å². The Bertz CT molecular complexity index is 1120. The lowest BCUT2D eigenvalue weighted by Gasteiger charge is -2.12. The average Bonchev–Trinajstić information content (AvgIpc) is 2.75. The van der Waals surface area contributed by atoms with Crippen LogP contribution in [0.4, 0.5) is 0 Å². The van der Waals surface area contributed by atoms with Crippen molar-refractivity contribution in [2.45, 2.75) is 19.9 Å². The molecule has 3 rings (SSSR count). The fraction of sp³-hybridized carbons (Fsp3) is 0.167. The number of ether oxygens (including phenoxy) is 1. The molecule has 0 saturated heterocycles. The first kappa shape index (κ1) is 21.6. The Balaban J connectivity index is 1.87. The van der Waals surface area contributed by atoms with Gasteiger partial charge < -0.3 is 14.4 Å². The Labute approximate surface area is 183 Å². The molecule has 0 saturated carbocycles. The smallest absolute Gasteiger partial charge is 0.335 e. The molecule has 2 aromatic carbocycles. The van der Waals surface area contributed by atoms with E-state index in [0.717, 1.165) is 27.0 Å². The van der Waals surface area contributed by atoms with E-state index in [1.807, 2.05) is 43.3 Å². The quantitative estimate of drug-likeness (QED) is 0.498. The van der Waals surface area contributed by atoms with Gasteiger partial charge in [-0.15, -0.1) is 0 Å². The second-order valence-corrected chi connectivity index (χ2v) is 7.47. The Morgan fingerprint density at radius 3 is 2.50 bits per heavy atom. The molecule has 1 aromatic heterocycles. The van der Waals surface area contributed by atoms with Gasteiger partial charge in [0.25, 0.3) is 5.56 Å². The second-order valence-electron chi connectivity index (χ2n) is 6.61. The summed E-state index contributed by atoms with van der Waals surface area (Å²) in [6, 6.07) is 17.7. The number of carboxylic acids is 1. The lowest BCUT2D eigenvalue weighted by molar-refractivity contribution is 0.0697. The van der Waals surface area contributed by atoms with Crippen LogP contribution in [-0.2, 0) is 13.0 Å². The van der Waals surface area contributed by atoms with E-state index in [0.29, 0.717) is 19.6 Å². The number of nitrogens with zero attached hydrogens (tertiary/aromatic N) is 1. The molecule has 0 fully saturated rings. The number of benzene rings is 2. The summed E-state index contributed by atoms with van der Waals surface area (Å²) in [5.41, 5.74) is 2.80. The highest BCUT2D eigenvalue weighted by Gasteiger charge is 2.08. The molecule has 0 bridgehead atoms. The number of carbonyl (C=O) groups is 1. The number of pyridine rings is 1. The van der Waals surface area contributed by atoms with Crippen LogP contribution >= 0.6 is 15.9 Å². The van der Waals surface area contributed by atoms with Crippen LogP contribution in [-0.4, -0.2) is 22.2 Å². The molecule has 0 spiro atoms. The van der Waals surface area contributed by atoms with E-state index in [4.69, 9.17) is 9.84 Å². The zero-order valence-corrected chi connectivity index (χ0v) is 18.1. The van der Waals surface area contributed by atoms with Gasteiger partial charge in [-0.3, -0.25) is 4.79 Å². The molecule has 1 heterocycles. The van der Waals surface area contributed by atoms with Crippen molar-refractivity contribution in [1.82, 2.24) is 4.57 Å². The van der Waals surface area contributed by atoms with Crippen molar-refractivity contribution in [3.8, 4) is 5.75 Å². The normalized spacial score (nSPS) is 11.0. The van der Waals surface area contributed by atoms with Crippen molar-refractivity contribution in [3.05, 3.63) is 97.9 Å². The van der Waals surface area contributed by atoms with E-state index in [1.165, 1.54) is 6.07 Å². The number of hydrogen-bond acceptors (Lipinski definition) is 3. The summed E-state index contributed by atoms with van der Waals surface area (Å²) in [5, 5.41) is 9.03. The van der Waals surface area contributed by atoms with E-state index in [1.54, 1.807) is 34.9 Å². The number of para-hydroxylation sites is 1. The highest BCUT2D eigenvalue weighted by atomic mass is 79.9. The fourth-order valence-electron chi connectivity index (χ4n) is 3.10. The van der Waals surface area contributed by atoms with Gasteiger partial charge >= 0.3 is 5.97 Å². The summed E-state index contributed by atoms with van der Waals surface area (Å²) in [6.45, 7) is 2.98. The number of aromatic carboxylic acids is 1. The minimum absolute atomic E-state index is 0.0990. The lowest BCUT2D eigenvalue weighted by Crippen LogP contribution is -2.22. The maximum Gasteiger partial charge on any atom is 0.335 e. The summed E-state index contributed by atoms with van der Waals surface area (Å²) >= 11 is 3.55. The van der Waals surface area contributed by atoms with E-state index < -0.39 is 5.97 Å². The fourth-order valence-corrected chi connectivity index (χ4v) is 3.57. The first-order valence-corrected chi connectivity index (χ1v) is 10.4. The average molecular weight is 468 g/mol. The summed E-state index contributed by atoms with van der Waals surface area (Å²) in [7, 11) is 0. The maximum atomic E-state index is 12.5. The van der Waals surface area contributed by atoms with Crippen LogP contribution in [0.25, 0.3) is 12.2 Å². The molecule has 154 valence electrons. The molecule has 0 aliphatic carbocycles. The molecule has 0 atom stereocenters. The molecular weight excluding hydrogens is 446 g/mol. The minimum atomic E-state index is -0.954. The van der Waals surface area contributed by atoms with Gasteiger partial charge in [0.15, 0.2) is 0 Å². The number of carboxylic acid groups (broad SMARTS) is 1. The first-order chi connectivity index (χ1) is 14.5. The molecule has 3 aromatic rings. The molecule has 5 nitrogen and oxygen atoms in total. The summed E-state index contributed by atoms with van der Waals surface area (Å²) in [5.74, 6) is -0.166. The monoisotopic (exact) mass is 467 g/mol. The van der Waals surface area contributed by atoms with Crippen molar-refractivity contribution in [2.75, 3.05) is 6.61 Å². The lowest BCUT2D eigenvalue weighted by atomic mass is 10.1. The molecule has 0 aliphatic rings. The van der Waals surface area contributed by atoms with Crippen molar-refractivity contribution in [3.63, 3.8) is 0 Å². The third-order valence-corrected chi connectivity index (χ3v) is 5.31. The van der Waals surface area contributed by atoms with Gasteiger partial charge in [0.1, 0.15) is 5.75 Å². The van der Waals surface area contributed by atoms with Crippen molar-refractivity contribution in [1.29, 1.82) is 0 Å². The number of halogens is 1. The standard InChI is InChI=1S/C24H22BrNO4/c1-2-30-22-6-4-3-5-18(22)11-13-21-20(25)12-14-23(27)26(21)16-15-17-7-9-19(10-8-17)24(28)29/h3-14H,2,15-16H2,1H3,(H,28,29). The summed E-state index contributed by atoms with van der Waals surface area (Å²) in [6.07, 6.45) is 4.44. The molecule has 0 unspecified atom stereocenters. The van der Waals surface area contributed by atoms with Gasteiger partial charge in [-0.1, -0.05) is 30.3 Å². The molecular formula is C24H22BrNO4. The Hall–Kier alpha value is -3.12. The number of rotatable bonds is 8. The number of hydrogen-bond donors (Lipinski definition) is 1. The Morgan fingerprint density at radius 2 is 1.80 bits per heavy atom. The molecule has 0 amide bonds. The second kappa shape index (κ2) is 10.1. The largest absolute Gasteiger partial charge is 0.493 e. The van der Waals surface area contributed by atoms with Gasteiger partial charge in [-0.2, -0.15) is 0 Å². The summed E-state index contributed by atoms with van der Waals surface area (Å²) in [4.78, 5) is 23.5. The topological polar surface area (TPSA) is 68.5 Å². The molecule has 30 heavy (non-hydrogen) atoms. The summed E-state index contributed by atoms with van der Waals surface area (Å²) < 4.78 is 8.18. The maximum absolute atomic E-state index is 12.5. The van der Waals surface area contributed by atoms with Crippen molar-refractivity contribution >= 4 is 34.1 Å². The Kier molecular flexibility index (Phi) is 7.25. The highest BCUT2D eigenvalue weighted by Crippen LogP contribution is 2.23. The van der Waals surface area contributed by atoms with Crippen LogP contribution in [0.2, 0.25) is 0 Å². The first-order valence-electron chi connectivity index (χ1n) is 9.61. The molecule has 0 aliphatic heterocycles. The third-order valence-electron chi connectivity index (χ3n) is 4.64. The van der Waals surface area contributed by atoms with Crippen molar-refractivity contribution < 1.29 is 14.6 Å². The Morgan fingerprint density at radius 1 is 1.07 bits per heavy atom. The third kappa shape index (κ3) is 5.27. The van der Waals surface area contributed by atoms with Crippen LogP contribution < -0.4 is 10.3 Å². The van der Waals surface area contributed by atoms with E-state index in [9.17, 15) is 9.59 Å². The zero-order chi connectivity index (χ0) is 21.5. The van der Waals surface area contributed by atoms with Gasteiger partial charge in [0.05, 0.1) is 17.9 Å². The van der Waals surface area contributed by atoms with Crippen LogP contribution in [0.15, 0.2) is 69.9 Å². The van der Waals surface area contributed by atoms with Gasteiger partial charge in [-0.25, -0.2) is 4.79 Å². The SMILES string of the molecule is CCOc1ccccc1C=Cc1c(Br)ccc(=O)n1CCc1ccc(C(=O)O)cc1. The zero-order valence-electron chi connectivity index (χ0n) is 16.5. The molecule has 6 heteroatoms. The number of aryl methyl sites for hydroxylation is 1. The van der Waals surface area contributed by atoms with Gasteiger partial charge in [0, 0.05) is 22.6 Å². The van der Waals surface area contributed by atoms with Gasteiger partial charge in [-0.05, 0) is 71.3 Å². The molecule has 0 radical (unpaired) electrons. The van der Waals surface area contributed by atoms with E-state index in [2.05, 4.69) is 15.9 Å². The van der Waals surface area contributed by atoms with Gasteiger partial charge in [0.2, 0.25) is 0 Å². The van der Waals surface area contributed by atoms with E-state index >= 15 is 0 Å². The predicted molar refractivity (Wildman–Crippen MR) is 122 cm³/mol. The minimum Gasteiger partial charge on any atom is -0.493 e. The highest BCUT2D eigenvalue weighted by molar-refractivity contribution is 9.10. The van der Waals surface area contributed by atoms with Crippen molar-refractivity contribution in [2.24, 2.45) is 0 Å². The molecule has 1 N–H and O–H groups in total. The number of aromatic nitrogens is 1. The van der Waals surface area contributed by atoms with E-state index in [-0.39, 0.29) is 11.1 Å². The predicted octanol–water partition coefficient (Wildman–Crippen LogP) is 5.12. The van der Waals surface area contributed by atoms with Crippen LogP contribution in [0.3, 0.4) is 0 Å². The van der Waals surface area contributed by atoms with Crippen LogP contribution in [0, 0.1) is 0 Å².